The number of benzene rings is 2. The maximum absolute atomic E-state index is 12.2. The van der Waals surface area contributed by atoms with Crippen molar-refractivity contribution >= 4 is 11.9 Å². The van der Waals surface area contributed by atoms with Gasteiger partial charge in [-0.2, -0.15) is 0 Å². The number of ketones is 1. The lowest BCUT2D eigenvalue weighted by atomic mass is 10.1. The van der Waals surface area contributed by atoms with Gasteiger partial charge in [0.15, 0.2) is 17.3 Å². The van der Waals surface area contributed by atoms with Gasteiger partial charge in [-0.3, -0.25) is 4.79 Å². The molecule has 2 aromatic rings. The first-order valence-electron chi connectivity index (χ1n) is 7.02. The van der Waals surface area contributed by atoms with E-state index in [0.29, 0.717) is 30.3 Å². The minimum atomic E-state index is -0.0761. The van der Waals surface area contributed by atoms with Crippen molar-refractivity contribution in [1.29, 1.82) is 0 Å². The fourth-order valence-electron chi connectivity index (χ4n) is 2.18. The van der Waals surface area contributed by atoms with Crippen LogP contribution >= 0.6 is 0 Å². The summed E-state index contributed by atoms with van der Waals surface area (Å²) in [5.74, 6) is 2.01. The summed E-state index contributed by atoms with van der Waals surface area (Å²) in [5.41, 5.74) is 1.51. The molecule has 4 nitrogen and oxygen atoms in total. The highest BCUT2D eigenvalue weighted by Gasteiger charge is 2.13. The molecular formula is C18H16O4. The van der Waals surface area contributed by atoms with E-state index in [9.17, 15) is 4.79 Å². The summed E-state index contributed by atoms with van der Waals surface area (Å²) in [7, 11) is 1.62. The maximum Gasteiger partial charge on any atom is 0.185 e. The van der Waals surface area contributed by atoms with Crippen molar-refractivity contribution < 1.29 is 19.0 Å². The predicted octanol–water partition coefficient (Wildman–Crippen LogP) is 3.36. The van der Waals surface area contributed by atoms with Gasteiger partial charge in [0, 0.05) is 5.56 Å². The summed E-state index contributed by atoms with van der Waals surface area (Å²) >= 11 is 0. The van der Waals surface area contributed by atoms with Crippen LogP contribution < -0.4 is 14.2 Å². The third-order valence-electron chi connectivity index (χ3n) is 3.37. The molecule has 3 rings (SSSR count). The first kappa shape index (κ1) is 14.2. The molecule has 1 aliphatic heterocycles. The minimum absolute atomic E-state index is 0.0761. The minimum Gasteiger partial charge on any atom is -0.497 e. The van der Waals surface area contributed by atoms with Crippen LogP contribution in [0.5, 0.6) is 17.2 Å². The molecule has 1 heterocycles. The van der Waals surface area contributed by atoms with Gasteiger partial charge in [0.25, 0.3) is 0 Å². The Morgan fingerprint density at radius 3 is 2.50 bits per heavy atom. The zero-order valence-corrected chi connectivity index (χ0v) is 12.2. The number of allylic oxidation sites excluding steroid dienone is 1. The van der Waals surface area contributed by atoms with Crippen molar-refractivity contribution in [3.8, 4) is 17.2 Å². The van der Waals surface area contributed by atoms with Gasteiger partial charge in [-0.15, -0.1) is 0 Å². The summed E-state index contributed by atoms with van der Waals surface area (Å²) in [6.45, 7) is 1.05. The van der Waals surface area contributed by atoms with Crippen molar-refractivity contribution in [3.63, 3.8) is 0 Å². The van der Waals surface area contributed by atoms with Gasteiger partial charge in [0.1, 0.15) is 19.0 Å². The molecule has 0 atom stereocenters. The molecule has 0 saturated carbocycles. The Morgan fingerprint density at radius 2 is 1.77 bits per heavy atom. The van der Waals surface area contributed by atoms with E-state index in [2.05, 4.69) is 0 Å². The second-order valence-electron chi connectivity index (χ2n) is 4.83. The number of hydrogen-bond acceptors (Lipinski definition) is 4. The average molecular weight is 296 g/mol. The Hall–Kier alpha value is -2.75. The number of methoxy groups -OCH3 is 1. The van der Waals surface area contributed by atoms with Crippen LogP contribution in [0.4, 0.5) is 0 Å². The van der Waals surface area contributed by atoms with E-state index in [-0.39, 0.29) is 5.78 Å². The van der Waals surface area contributed by atoms with Crippen LogP contribution in [-0.4, -0.2) is 26.1 Å². The largest absolute Gasteiger partial charge is 0.497 e. The molecule has 0 amide bonds. The second kappa shape index (κ2) is 6.35. The van der Waals surface area contributed by atoms with Crippen LogP contribution in [-0.2, 0) is 0 Å². The molecule has 2 aromatic carbocycles. The molecular weight excluding hydrogens is 280 g/mol. The van der Waals surface area contributed by atoms with Crippen LogP contribution in [0.25, 0.3) is 6.08 Å². The van der Waals surface area contributed by atoms with Gasteiger partial charge in [-0.1, -0.05) is 18.2 Å². The highest BCUT2D eigenvalue weighted by Crippen LogP contribution is 2.31. The zero-order chi connectivity index (χ0) is 15.4. The summed E-state index contributed by atoms with van der Waals surface area (Å²) in [4.78, 5) is 12.2. The lowest BCUT2D eigenvalue weighted by Gasteiger charge is -2.18. The SMILES string of the molecule is COc1ccc(/C=C/C(=O)c2ccc3c(c2)OCCO3)cc1. The fourth-order valence-corrected chi connectivity index (χ4v) is 2.18. The van der Waals surface area contributed by atoms with Crippen LogP contribution in [0.1, 0.15) is 15.9 Å². The zero-order valence-electron chi connectivity index (χ0n) is 12.2. The molecule has 4 heteroatoms. The van der Waals surface area contributed by atoms with E-state index in [4.69, 9.17) is 14.2 Å². The van der Waals surface area contributed by atoms with Crippen LogP contribution in [0.15, 0.2) is 48.5 Å². The van der Waals surface area contributed by atoms with Crippen molar-refractivity contribution in [1.82, 2.24) is 0 Å². The number of rotatable bonds is 4. The van der Waals surface area contributed by atoms with Crippen LogP contribution in [0.3, 0.4) is 0 Å². The molecule has 0 radical (unpaired) electrons. The van der Waals surface area contributed by atoms with E-state index in [1.807, 2.05) is 24.3 Å². The van der Waals surface area contributed by atoms with Crippen molar-refractivity contribution in [2.24, 2.45) is 0 Å². The lowest BCUT2D eigenvalue weighted by Crippen LogP contribution is -2.15. The fraction of sp³-hybridized carbons (Fsp3) is 0.167. The van der Waals surface area contributed by atoms with Gasteiger partial charge in [0.05, 0.1) is 7.11 Å². The van der Waals surface area contributed by atoms with E-state index < -0.39 is 0 Å². The summed E-state index contributed by atoms with van der Waals surface area (Å²) in [6.07, 6.45) is 3.33. The molecule has 0 aliphatic carbocycles. The molecule has 0 fully saturated rings. The maximum atomic E-state index is 12.2. The third-order valence-corrected chi connectivity index (χ3v) is 3.37. The Kier molecular flexibility index (Phi) is 4.10. The molecule has 112 valence electrons. The van der Waals surface area contributed by atoms with E-state index in [1.165, 1.54) is 0 Å². The van der Waals surface area contributed by atoms with Gasteiger partial charge >= 0.3 is 0 Å². The Labute approximate surface area is 128 Å². The second-order valence-corrected chi connectivity index (χ2v) is 4.83. The molecule has 1 aliphatic rings. The molecule has 0 N–H and O–H groups in total. The Morgan fingerprint density at radius 1 is 1.05 bits per heavy atom. The first-order valence-corrected chi connectivity index (χ1v) is 7.02. The summed E-state index contributed by atoms with van der Waals surface area (Å²) in [5, 5.41) is 0. The van der Waals surface area contributed by atoms with E-state index in [0.717, 1.165) is 11.3 Å². The lowest BCUT2D eigenvalue weighted by molar-refractivity contribution is 0.104. The van der Waals surface area contributed by atoms with Crippen molar-refractivity contribution in [3.05, 3.63) is 59.7 Å². The van der Waals surface area contributed by atoms with Crippen LogP contribution in [0, 0.1) is 0 Å². The van der Waals surface area contributed by atoms with Crippen molar-refractivity contribution in [2.45, 2.75) is 0 Å². The predicted molar refractivity (Wildman–Crippen MR) is 83.8 cm³/mol. The molecule has 0 unspecified atom stereocenters. The molecule has 0 spiro atoms. The monoisotopic (exact) mass is 296 g/mol. The average Bonchev–Trinajstić information content (AvgIpc) is 2.59. The molecule has 0 saturated heterocycles. The van der Waals surface area contributed by atoms with Crippen molar-refractivity contribution in [2.75, 3.05) is 20.3 Å². The third kappa shape index (κ3) is 3.11. The van der Waals surface area contributed by atoms with Gasteiger partial charge in [0.2, 0.25) is 0 Å². The molecule has 22 heavy (non-hydrogen) atoms. The van der Waals surface area contributed by atoms with Crippen LogP contribution in [0.2, 0.25) is 0 Å². The summed E-state index contributed by atoms with van der Waals surface area (Å²) < 4.78 is 16.0. The van der Waals surface area contributed by atoms with E-state index in [1.54, 1.807) is 37.5 Å². The standard InChI is InChI=1S/C18H16O4/c1-20-15-6-2-13(3-7-15)4-8-16(19)14-5-9-17-18(12-14)22-11-10-21-17/h2-9,12H,10-11H2,1H3/b8-4+. The van der Waals surface area contributed by atoms with Gasteiger partial charge in [-0.05, 0) is 42.0 Å². The normalized spacial score (nSPS) is 13.1. The number of carbonyl (C=O) groups is 1. The molecule has 0 bridgehead atoms. The Balaban J connectivity index is 1.74. The molecule has 0 aromatic heterocycles. The highest BCUT2D eigenvalue weighted by atomic mass is 16.6. The Bertz CT molecular complexity index is 702. The highest BCUT2D eigenvalue weighted by molar-refractivity contribution is 6.07. The topological polar surface area (TPSA) is 44.8 Å². The summed E-state index contributed by atoms with van der Waals surface area (Å²) in [6, 6.07) is 12.7. The van der Waals surface area contributed by atoms with E-state index >= 15 is 0 Å². The van der Waals surface area contributed by atoms with Gasteiger partial charge in [-0.25, -0.2) is 0 Å². The number of ether oxygens (including phenoxy) is 3. The number of fused-ring (bicyclic) bond motifs is 1. The number of carbonyl (C=O) groups excluding carboxylic acids is 1. The first-order chi connectivity index (χ1) is 10.8. The van der Waals surface area contributed by atoms with Gasteiger partial charge < -0.3 is 14.2 Å². The quantitative estimate of drug-likeness (QED) is 0.641. The number of hydrogen-bond donors (Lipinski definition) is 0. The smallest absolute Gasteiger partial charge is 0.185 e.